The van der Waals surface area contributed by atoms with Crippen molar-refractivity contribution in [2.24, 2.45) is 5.92 Å². The van der Waals surface area contributed by atoms with E-state index in [0.717, 1.165) is 12.0 Å². The van der Waals surface area contributed by atoms with Crippen LogP contribution in [0.15, 0.2) is 58.7 Å². The minimum absolute atomic E-state index is 0.00927. The van der Waals surface area contributed by atoms with Crippen LogP contribution in [0.1, 0.15) is 20.3 Å². The van der Waals surface area contributed by atoms with E-state index >= 15 is 0 Å². The summed E-state index contributed by atoms with van der Waals surface area (Å²) in [6.07, 6.45) is 4.87. The fourth-order valence-corrected chi connectivity index (χ4v) is 3.36. The van der Waals surface area contributed by atoms with E-state index in [0.29, 0.717) is 17.3 Å². The number of aliphatic carboxylic acids is 1. The van der Waals surface area contributed by atoms with Crippen molar-refractivity contribution in [2.45, 2.75) is 32.0 Å². The first-order chi connectivity index (χ1) is 12.4. The van der Waals surface area contributed by atoms with Crippen LogP contribution in [0.3, 0.4) is 0 Å². The van der Waals surface area contributed by atoms with Gasteiger partial charge in [-0.1, -0.05) is 5.16 Å². The molecule has 0 spiro atoms. The van der Waals surface area contributed by atoms with Gasteiger partial charge in [0.1, 0.15) is 23.2 Å². The third-order valence-corrected chi connectivity index (χ3v) is 4.50. The lowest BCUT2D eigenvalue weighted by Crippen LogP contribution is -2.29. The van der Waals surface area contributed by atoms with E-state index in [1.54, 1.807) is 24.3 Å². The maximum Gasteiger partial charge on any atom is 0.335 e. The lowest BCUT2D eigenvalue weighted by Gasteiger charge is -2.25. The number of fused-ring (bicyclic) bond motifs is 1. The van der Waals surface area contributed by atoms with Gasteiger partial charge in [0, 0.05) is 12.0 Å². The molecular weight excluding hydrogens is 336 g/mol. The predicted octanol–water partition coefficient (Wildman–Crippen LogP) is 3.21. The van der Waals surface area contributed by atoms with E-state index < -0.39 is 12.1 Å². The molecule has 1 aliphatic heterocycles. The largest absolute Gasteiger partial charge is 0.492 e. The van der Waals surface area contributed by atoms with Crippen LogP contribution in [0.5, 0.6) is 5.75 Å². The molecule has 7 nitrogen and oxygen atoms in total. The maximum atomic E-state index is 11.4. The molecule has 134 valence electrons. The summed E-state index contributed by atoms with van der Waals surface area (Å²) in [6.45, 7) is 3.98. The molecule has 1 fully saturated rings. The van der Waals surface area contributed by atoms with Crippen LogP contribution < -0.4 is 4.74 Å². The first kappa shape index (κ1) is 16.4. The van der Waals surface area contributed by atoms with Gasteiger partial charge in [0.05, 0.1) is 11.5 Å². The molecule has 0 amide bonds. The second-order valence-corrected chi connectivity index (χ2v) is 7.01. The zero-order chi connectivity index (χ0) is 18.3. The van der Waals surface area contributed by atoms with Crippen molar-refractivity contribution in [2.75, 3.05) is 0 Å². The quantitative estimate of drug-likeness (QED) is 0.901. The van der Waals surface area contributed by atoms with Gasteiger partial charge in [-0.05, 0) is 50.3 Å². The van der Waals surface area contributed by atoms with Gasteiger partial charge >= 0.3 is 5.97 Å². The van der Waals surface area contributed by atoms with Gasteiger partial charge < -0.3 is 19.1 Å². The molecule has 1 aliphatic carbocycles. The van der Waals surface area contributed by atoms with Crippen molar-refractivity contribution in [3.8, 4) is 17.1 Å². The fourth-order valence-electron chi connectivity index (χ4n) is 3.36. The molecule has 7 heteroatoms. The van der Waals surface area contributed by atoms with Crippen LogP contribution in [0.2, 0.25) is 0 Å². The standard InChI is InChI=1S/C19H18N2O5/c1-19(2)9-14-15(7-12(18(22)23)8-16(14)26-19)25-13-5-3-11(4-6-13)17-20-10-24-21-17/h3-8,10,14-15H,9H2,1-2H3,(H,22,23). The summed E-state index contributed by atoms with van der Waals surface area (Å²) in [7, 11) is 0. The summed E-state index contributed by atoms with van der Waals surface area (Å²) in [5, 5.41) is 13.2. The number of hydrogen-bond donors (Lipinski definition) is 1. The highest BCUT2D eigenvalue weighted by Gasteiger charge is 2.44. The Bertz CT molecular complexity index is 881. The van der Waals surface area contributed by atoms with Gasteiger partial charge in [-0.15, -0.1) is 0 Å². The van der Waals surface area contributed by atoms with Crippen molar-refractivity contribution in [3.63, 3.8) is 0 Å². The van der Waals surface area contributed by atoms with Crippen molar-refractivity contribution in [1.29, 1.82) is 0 Å². The van der Waals surface area contributed by atoms with Crippen LogP contribution in [0.4, 0.5) is 0 Å². The van der Waals surface area contributed by atoms with E-state index in [9.17, 15) is 9.90 Å². The minimum atomic E-state index is -0.995. The second kappa shape index (κ2) is 6.01. The molecule has 2 unspecified atom stereocenters. The molecule has 0 saturated carbocycles. The van der Waals surface area contributed by atoms with E-state index in [2.05, 4.69) is 10.1 Å². The molecular formula is C19H18N2O5. The molecule has 1 aromatic carbocycles. The van der Waals surface area contributed by atoms with Gasteiger partial charge in [0.25, 0.3) is 0 Å². The Kier molecular flexibility index (Phi) is 3.79. The molecule has 1 saturated heterocycles. The van der Waals surface area contributed by atoms with Gasteiger partial charge in [0.2, 0.25) is 12.2 Å². The first-order valence-electron chi connectivity index (χ1n) is 8.30. The monoisotopic (exact) mass is 354 g/mol. The van der Waals surface area contributed by atoms with Crippen LogP contribution in [-0.4, -0.2) is 32.9 Å². The molecule has 1 N–H and O–H groups in total. The van der Waals surface area contributed by atoms with Crippen LogP contribution in [0.25, 0.3) is 11.4 Å². The fraction of sp³-hybridized carbons (Fsp3) is 0.316. The normalized spacial score (nSPS) is 23.5. The number of carboxylic acid groups (broad SMARTS) is 1. The number of nitrogens with zero attached hydrogens (tertiary/aromatic N) is 2. The number of aromatic nitrogens is 2. The number of benzene rings is 1. The Morgan fingerprint density at radius 1 is 1.31 bits per heavy atom. The Balaban J connectivity index is 1.58. The number of ether oxygens (including phenoxy) is 2. The molecule has 2 aromatic rings. The molecule has 2 aliphatic rings. The van der Waals surface area contributed by atoms with Crippen molar-refractivity contribution in [1.82, 2.24) is 10.1 Å². The van der Waals surface area contributed by atoms with Crippen LogP contribution >= 0.6 is 0 Å². The number of carboxylic acids is 1. The Labute approximate surface area is 149 Å². The molecule has 2 atom stereocenters. The van der Waals surface area contributed by atoms with Gasteiger partial charge in [-0.3, -0.25) is 0 Å². The van der Waals surface area contributed by atoms with Gasteiger partial charge in [-0.25, -0.2) is 4.79 Å². The predicted molar refractivity (Wildman–Crippen MR) is 91.2 cm³/mol. The summed E-state index contributed by atoms with van der Waals surface area (Å²) in [6, 6.07) is 7.27. The second-order valence-electron chi connectivity index (χ2n) is 7.01. The summed E-state index contributed by atoms with van der Waals surface area (Å²) in [4.78, 5) is 15.4. The highest BCUT2D eigenvalue weighted by atomic mass is 16.5. The molecule has 0 bridgehead atoms. The topological polar surface area (TPSA) is 94.7 Å². The summed E-state index contributed by atoms with van der Waals surface area (Å²) in [5.41, 5.74) is 0.646. The van der Waals surface area contributed by atoms with E-state index in [4.69, 9.17) is 14.0 Å². The maximum absolute atomic E-state index is 11.4. The smallest absolute Gasteiger partial charge is 0.335 e. The SMILES string of the molecule is CC1(C)CC2C(=CC(C(=O)O)=CC2Oc2ccc(-c3ncon3)cc2)O1. The highest BCUT2D eigenvalue weighted by molar-refractivity contribution is 5.90. The van der Waals surface area contributed by atoms with E-state index in [1.807, 2.05) is 26.0 Å². The number of carbonyl (C=O) groups is 1. The van der Waals surface area contributed by atoms with Crippen molar-refractivity contribution >= 4 is 5.97 Å². The highest BCUT2D eigenvalue weighted by Crippen LogP contribution is 2.43. The van der Waals surface area contributed by atoms with Crippen molar-refractivity contribution < 1.29 is 23.9 Å². The Morgan fingerprint density at radius 3 is 2.73 bits per heavy atom. The third-order valence-electron chi connectivity index (χ3n) is 4.50. The molecule has 4 rings (SSSR count). The summed E-state index contributed by atoms with van der Waals surface area (Å²) < 4.78 is 16.8. The van der Waals surface area contributed by atoms with Crippen LogP contribution in [0, 0.1) is 5.92 Å². The number of rotatable bonds is 4. The zero-order valence-electron chi connectivity index (χ0n) is 14.4. The third kappa shape index (κ3) is 3.08. The molecule has 26 heavy (non-hydrogen) atoms. The van der Waals surface area contributed by atoms with Crippen molar-refractivity contribution in [3.05, 3.63) is 54.1 Å². The van der Waals surface area contributed by atoms with E-state index in [1.165, 1.54) is 6.39 Å². The average Bonchev–Trinajstić information content (AvgIpc) is 3.22. The van der Waals surface area contributed by atoms with Crippen LogP contribution in [-0.2, 0) is 9.53 Å². The molecule has 2 heterocycles. The average molecular weight is 354 g/mol. The number of hydrogen-bond acceptors (Lipinski definition) is 6. The zero-order valence-corrected chi connectivity index (χ0v) is 14.4. The van der Waals surface area contributed by atoms with Gasteiger partial charge in [-0.2, -0.15) is 4.98 Å². The van der Waals surface area contributed by atoms with E-state index in [-0.39, 0.29) is 17.1 Å². The van der Waals surface area contributed by atoms with Gasteiger partial charge in [0.15, 0.2) is 0 Å². The lowest BCUT2D eigenvalue weighted by atomic mass is 9.87. The lowest BCUT2D eigenvalue weighted by molar-refractivity contribution is -0.132. The first-order valence-corrected chi connectivity index (χ1v) is 8.30. The summed E-state index contributed by atoms with van der Waals surface area (Å²) in [5.74, 6) is 0.797. The minimum Gasteiger partial charge on any atom is -0.492 e. The molecule has 0 radical (unpaired) electrons. The summed E-state index contributed by atoms with van der Waals surface area (Å²) >= 11 is 0. The Hall–Kier alpha value is -3.09. The molecule has 1 aromatic heterocycles. The Morgan fingerprint density at radius 2 is 2.08 bits per heavy atom.